The van der Waals surface area contributed by atoms with Crippen molar-refractivity contribution in [1.29, 1.82) is 5.26 Å². The molecule has 0 N–H and O–H groups in total. The molecule has 0 fully saturated rings. The number of nitro groups is 1. The van der Waals surface area contributed by atoms with E-state index in [-0.39, 0.29) is 5.69 Å². The van der Waals surface area contributed by atoms with Gasteiger partial charge >= 0.3 is 0 Å². The van der Waals surface area contributed by atoms with Gasteiger partial charge in [0.05, 0.1) is 23.5 Å². The lowest BCUT2D eigenvalue weighted by molar-refractivity contribution is -0.384. The first-order valence-corrected chi connectivity index (χ1v) is 4.33. The molecule has 0 amide bonds. The van der Waals surface area contributed by atoms with Gasteiger partial charge in [-0.3, -0.25) is 10.1 Å². The van der Waals surface area contributed by atoms with Gasteiger partial charge in [0.1, 0.15) is 5.82 Å². The minimum Gasteiger partial charge on any atom is -0.358 e. The van der Waals surface area contributed by atoms with Gasteiger partial charge in [-0.25, -0.2) is 4.98 Å². The van der Waals surface area contributed by atoms with Gasteiger partial charge in [0.2, 0.25) is 0 Å². The van der Waals surface area contributed by atoms with Crippen LogP contribution in [0.25, 0.3) is 0 Å². The van der Waals surface area contributed by atoms with Gasteiger partial charge in [-0.05, 0) is 0 Å². The van der Waals surface area contributed by atoms with E-state index in [9.17, 15) is 10.1 Å². The lowest BCUT2D eigenvalue weighted by Gasteiger charge is -2.15. The summed E-state index contributed by atoms with van der Waals surface area (Å²) >= 11 is 0. The summed E-state index contributed by atoms with van der Waals surface area (Å²) in [5, 5.41) is 18.9. The number of rotatable bonds is 4. The Hall–Kier alpha value is -2.16. The van der Waals surface area contributed by atoms with Gasteiger partial charge in [-0.2, -0.15) is 5.26 Å². The first kappa shape index (κ1) is 10.9. The summed E-state index contributed by atoms with van der Waals surface area (Å²) in [5.74, 6) is 0.499. The van der Waals surface area contributed by atoms with E-state index in [1.807, 2.05) is 6.07 Å². The number of hydrogen-bond donors (Lipinski definition) is 0. The predicted molar refractivity (Wildman–Crippen MR) is 54.4 cm³/mol. The van der Waals surface area contributed by atoms with Gasteiger partial charge in [0.15, 0.2) is 0 Å². The maximum absolute atomic E-state index is 10.5. The Kier molecular flexibility index (Phi) is 3.57. The van der Waals surface area contributed by atoms with Crippen LogP contribution in [0.2, 0.25) is 0 Å². The number of aromatic nitrogens is 1. The van der Waals surface area contributed by atoms with Crippen LogP contribution in [-0.2, 0) is 0 Å². The monoisotopic (exact) mass is 206 g/mol. The summed E-state index contributed by atoms with van der Waals surface area (Å²) < 4.78 is 0. The van der Waals surface area contributed by atoms with Crippen LogP contribution >= 0.6 is 0 Å². The molecule has 1 heterocycles. The van der Waals surface area contributed by atoms with E-state index >= 15 is 0 Å². The molecular weight excluding hydrogens is 196 g/mol. The van der Waals surface area contributed by atoms with Crippen LogP contribution in [-0.4, -0.2) is 23.5 Å². The molecule has 0 aliphatic carbocycles. The van der Waals surface area contributed by atoms with Crippen LogP contribution in [0.5, 0.6) is 0 Å². The molecule has 0 aliphatic heterocycles. The molecule has 0 saturated heterocycles. The van der Waals surface area contributed by atoms with Crippen molar-refractivity contribution in [2.75, 3.05) is 18.5 Å². The van der Waals surface area contributed by atoms with Crippen molar-refractivity contribution in [3.63, 3.8) is 0 Å². The van der Waals surface area contributed by atoms with Gasteiger partial charge < -0.3 is 4.90 Å². The SMILES string of the molecule is CN(CCC#N)c1cc([N+](=O)[O-])ccn1. The molecule has 6 heteroatoms. The Morgan fingerprint density at radius 2 is 2.47 bits per heavy atom. The van der Waals surface area contributed by atoms with E-state index in [1.165, 1.54) is 18.3 Å². The predicted octanol–water partition coefficient (Wildman–Crippen LogP) is 1.34. The minimum atomic E-state index is -0.469. The molecule has 78 valence electrons. The normalized spacial score (nSPS) is 9.33. The second kappa shape index (κ2) is 4.91. The number of hydrogen-bond acceptors (Lipinski definition) is 5. The fourth-order valence-corrected chi connectivity index (χ4v) is 1.06. The molecule has 1 aromatic rings. The zero-order chi connectivity index (χ0) is 11.3. The van der Waals surface area contributed by atoms with Crippen molar-refractivity contribution in [2.24, 2.45) is 0 Å². The van der Waals surface area contributed by atoms with Crippen molar-refractivity contribution >= 4 is 11.5 Å². The number of nitriles is 1. The highest BCUT2D eigenvalue weighted by molar-refractivity contribution is 5.45. The second-order valence-electron chi connectivity index (χ2n) is 2.96. The summed E-state index contributed by atoms with van der Waals surface area (Å²) in [6, 6.07) is 4.72. The van der Waals surface area contributed by atoms with Crippen molar-refractivity contribution in [3.8, 4) is 6.07 Å². The molecule has 0 aliphatic rings. The van der Waals surface area contributed by atoms with E-state index in [0.717, 1.165) is 0 Å². The largest absolute Gasteiger partial charge is 0.358 e. The fourth-order valence-electron chi connectivity index (χ4n) is 1.06. The third kappa shape index (κ3) is 2.91. The van der Waals surface area contributed by atoms with E-state index in [1.54, 1.807) is 11.9 Å². The zero-order valence-corrected chi connectivity index (χ0v) is 8.25. The molecule has 0 bridgehead atoms. The number of anilines is 1. The zero-order valence-electron chi connectivity index (χ0n) is 8.25. The van der Waals surface area contributed by atoms with E-state index in [4.69, 9.17) is 5.26 Å². The van der Waals surface area contributed by atoms with Crippen LogP contribution in [0, 0.1) is 21.4 Å². The lowest BCUT2D eigenvalue weighted by atomic mass is 10.3. The van der Waals surface area contributed by atoms with Crippen molar-refractivity contribution in [1.82, 2.24) is 4.98 Å². The summed E-state index contributed by atoms with van der Waals surface area (Å²) in [5.41, 5.74) is 0.00353. The van der Waals surface area contributed by atoms with Crippen molar-refractivity contribution in [3.05, 3.63) is 28.4 Å². The average molecular weight is 206 g/mol. The van der Waals surface area contributed by atoms with Crippen LogP contribution in [0.1, 0.15) is 6.42 Å². The number of pyridine rings is 1. The molecule has 0 unspecified atom stereocenters. The van der Waals surface area contributed by atoms with Gasteiger partial charge in [0.25, 0.3) is 5.69 Å². The van der Waals surface area contributed by atoms with E-state index < -0.39 is 4.92 Å². The lowest BCUT2D eigenvalue weighted by Crippen LogP contribution is -2.19. The van der Waals surface area contributed by atoms with E-state index in [2.05, 4.69) is 4.98 Å². The molecule has 1 rings (SSSR count). The summed E-state index contributed by atoms with van der Waals surface area (Å²) in [7, 11) is 1.74. The number of nitrogens with zero attached hydrogens (tertiary/aromatic N) is 4. The molecule has 0 spiro atoms. The quantitative estimate of drug-likeness (QED) is 0.548. The first-order valence-electron chi connectivity index (χ1n) is 4.33. The van der Waals surface area contributed by atoms with Crippen molar-refractivity contribution in [2.45, 2.75) is 6.42 Å². The van der Waals surface area contributed by atoms with E-state index in [0.29, 0.717) is 18.8 Å². The highest BCUT2D eigenvalue weighted by Crippen LogP contribution is 2.16. The summed E-state index contributed by atoms with van der Waals surface area (Å²) in [6.07, 6.45) is 1.75. The maximum atomic E-state index is 10.5. The molecule has 15 heavy (non-hydrogen) atoms. The van der Waals surface area contributed by atoms with Gasteiger partial charge in [0, 0.05) is 25.9 Å². The highest BCUT2D eigenvalue weighted by atomic mass is 16.6. The smallest absolute Gasteiger partial charge is 0.274 e. The summed E-state index contributed by atoms with van der Waals surface area (Å²) in [6.45, 7) is 0.505. The third-order valence-electron chi connectivity index (χ3n) is 1.89. The molecule has 0 aromatic carbocycles. The Morgan fingerprint density at radius 3 is 3.07 bits per heavy atom. The van der Waals surface area contributed by atoms with Gasteiger partial charge in [-0.15, -0.1) is 0 Å². The average Bonchev–Trinajstić information content (AvgIpc) is 2.26. The topological polar surface area (TPSA) is 83.1 Å². The molecule has 1 aromatic heterocycles. The van der Waals surface area contributed by atoms with Crippen molar-refractivity contribution < 1.29 is 4.92 Å². The van der Waals surface area contributed by atoms with Crippen LogP contribution in [0.3, 0.4) is 0 Å². The highest BCUT2D eigenvalue weighted by Gasteiger charge is 2.09. The second-order valence-corrected chi connectivity index (χ2v) is 2.96. The first-order chi connectivity index (χ1) is 7.15. The van der Waals surface area contributed by atoms with Gasteiger partial charge in [-0.1, -0.05) is 0 Å². The minimum absolute atomic E-state index is 0.00353. The summed E-state index contributed by atoms with van der Waals surface area (Å²) in [4.78, 5) is 15.7. The Bertz CT molecular complexity index is 399. The fraction of sp³-hybridized carbons (Fsp3) is 0.333. The Morgan fingerprint density at radius 1 is 1.73 bits per heavy atom. The molecule has 0 radical (unpaired) electrons. The Labute approximate surface area is 86.9 Å². The molecule has 6 nitrogen and oxygen atoms in total. The molecular formula is C9H10N4O2. The van der Waals surface area contributed by atoms with Crippen LogP contribution in [0.4, 0.5) is 11.5 Å². The maximum Gasteiger partial charge on any atom is 0.274 e. The molecule has 0 atom stereocenters. The standard InChI is InChI=1S/C9H10N4O2/c1-12(6-2-4-10)9-7-8(13(14)15)3-5-11-9/h3,5,7H,2,6H2,1H3. The molecule has 0 saturated carbocycles. The third-order valence-corrected chi connectivity index (χ3v) is 1.89. The van der Waals surface area contributed by atoms with Crippen LogP contribution < -0.4 is 4.90 Å². The van der Waals surface area contributed by atoms with Crippen LogP contribution in [0.15, 0.2) is 18.3 Å². The Balaban J connectivity index is 2.81.